The summed E-state index contributed by atoms with van der Waals surface area (Å²) in [5.41, 5.74) is 4.20. The minimum Gasteiger partial charge on any atom is -0.336 e. The lowest BCUT2D eigenvalue weighted by Gasteiger charge is -2.33. The van der Waals surface area contributed by atoms with Gasteiger partial charge in [-0.2, -0.15) is 0 Å². The third kappa shape index (κ3) is 3.29. The fraction of sp³-hybridized carbons (Fsp3) is 0.364. The lowest BCUT2D eigenvalue weighted by atomic mass is 9.98. The zero-order valence-corrected chi connectivity index (χ0v) is 16.1. The molecule has 0 N–H and O–H groups in total. The lowest BCUT2D eigenvalue weighted by molar-refractivity contribution is 0.0637. The van der Waals surface area contributed by atoms with E-state index >= 15 is 0 Å². The molecular weight excluding hydrogens is 336 g/mol. The second-order valence-electron chi connectivity index (χ2n) is 7.39. The van der Waals surface area contributed by atoms with Crippen LogP contribution in [0, 0.1) is 13.8 Å². The van der Waals surface area contributed by atoms with Crippen LogP contribution in [0.4, 0.5) is 0 Å². The third-order valence-electron chi connectivity index (χ3n) is 5.41. The van der Waals surface area contributed by atoms with Crippen molar-refractivity contribution < 1.29 is 4.79 Å². The maximum absolute atomic E-state index is 13.4. The average Bonchev–Trinajstić information content (AvgIpc) is 2.68. The summed E-state index contributed by atoms with van der Waals surface area (Å²) in [7, 11) is 0. The molecule has 0 radical (unpaired) electrons. The van der Waals surface area contributed by atoms with Crippen LogP contribution < -0.4 is 0 Å². The topological polar surface area (TPSA) is 59.0 Å². The Morgan fingerprint density at radius 3 is 2.67 bits per heavy atom. The number of piperidine rings is 1. The number of amides is 1. The number of pyridine rings is 1. The molecule has 2 aromatic heterocycles. The minimum atomic E-state index is 0.0921. The Hall–Kier alpha value is -2.82. The largest absolute Gasteiger partial charge is 0.336 e. The van der Waals surface area contributed by atoms with Gasteiger partial charge >= 0.3 is 0 Å². The molecule has 1 aromatic carbocycles. The first-order valence-electron chi connectivity index (χ1n) is 9.55. The lowest BCUT2D eigenvalue weighted by Crippen LogP contribution is -2.42. The van der Waals surface area contributed by atoms with Crippen molar-refractivity contribution in [3.8, 4) is 11.3 Å². The maximum Gasteiger partial charge on any atom is 0.254 e. The van der Waals surface area contributed by atoms with Crippen molar-refractivity contribution in [2.75, 3.05) is 6.54 Å². The predicted octanol–water partition coefficient (Wildman–Crippen LogP) is 4.32. The van der Waals surface area contributed by atoms with Gasteiger partial charge in [0, 0.05) is 35.9 Å². The molecule has 1 fully saturated rings. The molecule has 0 aliphatic carbocycles. The van der Waals surface area contributed by atoms with E-state index in [0.29, 0.717) is 11.4 Å². The molecule has 0 bridgehead atoms. The van der Waals surface area contributed by atoms with E-state index in [2.05, 4.69) is 16.9 Å². The van der Waals surface area contributed by atoms with Crippen molar-refractivity contribution in [1.82, 2.24) is 19.9 Å². The van der Waals surface area contributed by atoms with Crippen LogP contribution in [0.15, 0.2) is 36.7 Å². The number of hydrogen-bond donors (Lipinski definition) is 0. The first-order valence-corrected chi connectivity index (χ1v) is 9.55. The zero-order chi connectivity index (χ0) is 19.0. The van der Waals surface area contributed by atoms with Gasteiger partial charge in [0.15, 0.2) is 0 Å². The third-order valence-corrected chi connectivity index (χ3v) is 5.41. The first kappa shape index (κ1) is 17.6. The van der Waals surface area contributed by atoms with Crippen molar-refractivity contribution in [3.05, 3.63) is 53.6 Å². The summed E-state index contributed by atoms with van der Waals surface area (Å²) in [6.07, 6.45) is 6.86. The number of rotatable bonds is 2. The Kier molecular flexibility index (Phi) is 4.60. The number of hydrogen-bond acceptors (Lipinski definition) is 4. The van der Waals surface area contributed by atoms with Gasteiger partial charge in [0.05, 0.1) is 16.8 Å². The highest BCUT2D eigenvalue weighted by Crippen LogP contribution is 2.29. The van der Waals surface area contributed by atoms with Gasteiger partial charge in [-0.05, 0) is 51.7 Å². The fourth-order valence-electron chi connectivity index (χ4n) is 3.80. The molecule has 0 saturated carbocycles. The van der Waals surface area contributed by atoms with E-state index in [-0.39, 0.29) is 11.9 Å². The number of aromatic nitrogens is 3. The highest BCUT2D eigenvalue weighted by atomic mass is 16.2. The van der Waals surface area contributed by atoms with Gasteiger partial charge in [0.1, 0.15) is 5.82 Å². The molecule has 27 heavy (non-hydrogen) atoms. The highest BCUT2D eigenvalue weighted by Gasteiger charge is 2.26. The fourth-order valence-corrected chi connectivity index (χ4v) is 3.80. The summed E-state index contributed by atoms with van der Waals surface area (Å²) >= 11 is 0. The van der Waals surface area contributed by atoms with E-state index in [9.17, 15) is 4.79 Å². The average molecular weight is 360 g/mol. The molecule has 1 atom stereocenters. The Bertz CT molecular complexity index is 997. The number of carbonyl (C=O) groups is 1. The number of likely N-dealkylation sites (tertiary alicyclic amines) is 1. The van der Waals surface area contributed by atoms with Crippen molar-refractivity contribution in [1.29, 1.82) is 0 Å². The number of benzene rings is 1. The molecule has 1 aliphatic rings. The Morgan fingerprint density at radius 2 is 1.93 bits per heavy atom. The molecule has 5 heteroatoms. The smallest absolute Gasteiger partial charge is 0.254 e. The number of nitrogens with zero attached hydrogens (tertiary/aromatic N) is 4. The molecule has 4 rings (SSSR count). The van der Waals surface area contributed by atoms with Crippen LogP contribution in [0.1, 0.15) is 47.9 Å². The molecule has 5 nitrogen and oxygen atoms in total. The van der Waals surface area contributed by atoms with Gasteiger partial charge in [-0.3, -0.25) is 4.79 Å². The van der Waals surface area contributed by atoms with Crippen molar-refractivity contribution in [2.45, 2.75) is 46.1 Å². The van der Waals surface area contributed by atoms with E-state index in [1.807, 2.05) is 43.0 Å². The van der Waals surface area contributed by atoms with Crippen LogP contribution in [0.5, 0.6) is 0 Å². The Morgan fingerprint density at radius 1 is 1.15 bits per heavy atom. The van der Waals surface area contributed by atoms with Crippen molar-refractivity contribution in [2.24, 2.45) is 0 Å². The van der Waals surface area contributed by atoms with Gasteiger partial charge in [0.25, 0.3) is 5.91 Å². The molecule has 0 unspecified atom stereocenters. The van der Waals surface area contributed by atoms with E-state index in [0.717, 1.165) is 47.1 Å². The zero-order valence-electron chi connectivity index (χ0n) is 16.1. The summed E-state index contributed by atoms with van der Waals surface area (Å²) < 4.78 is 0. The predicted molar refractivity (Wildman–Crippen MR) is 107 cm³/mol. The van der Waals surface area contributed by atoms with Crippen LogP contribution >= 0.6 is 0 Å². The SMILES string of the molecule is Cc1ncc(-c2cc(C(=O)N3CCCC[C@@H]3C)c3cccc(C)c3n2)cn1. The number of carbonyl (C=O) groups excluding carboxylic acids is 1. The first-order chi connectivity index (χ1) is 13.0. The number of para-hydroxylation sites is 1. The second kappa shape index (κ2) is 7.06. The van der Waals surface area contributed by atoms with Gasteiger partial charge in [-0.15, -0.1) is 0 Å². The second-order valence-corrected chi connectivity index (χ2v) is 7.39. The van der Waals surface area contributed by atoms with E-state index < -0.39 is 0 Å². The summed E-state index contributed by atoms with van der Waals surface area (Å²) in [6.45, 7) is 6.84. The molecule has 1 amide bonds. The maximum atomic E-state index is 13.4. The van der Waals surface area contributed by atoms with Crippen molar-refractivity contribution in [3.63, 3.8) is 0 Å². The standard InChI is InChI=1S/C22H24N4O/c1-14-7-6-9-18-19(22(27)26-10-5-4-8-15(26)2)11-20(25-21(14)18)17-12-23-16(3)24-13-17/h6-7,9,11-13,15H,4-5,8,10H2,1-3H3/t15-/m0/s1. The minimum absolute atomic E-state index is 0.0921. The van der Waals surface area contributed by atoms with Crippen LogP contribution in [-0.4, -0.2) is 38.3 Å². The Balaban J connectivity index is 1.89. The molecule has 1 aliphatic heterocycles. The monoisotopic (exact) mass is 360 g/mol. The van der Waals surface area contributed by atoms with E-state index in [4.69, 9.17) is 4.98 Å². The number of fused-ring (bicyclic) bond motifs is 1. The molecule has 1 saturated heterocycles. The van der Waals surface area contributed by atoms with Gasteiger partial charge in [0.2, 0.25) is 0 Å². The van der Waals surface area contributed by atoms with E-state index in [1.165, 1.54) is 6.42 Å². The molecule has 138 valence electrons. The summed E-state index contributed by atoms with van der Waals surface area (Å²) in [5, 5.41) is 0.912. The van der Waals surface area contributed by atoms with Gasteiger partial charge < -0.3 is 4.90 Å². The van der Waals surface area contributed by atoms with Gasteiger partial charge in [-0.1, -0.05) is 18.2 Å². The summed E-state index contributed by atoms with van der Waals surface area (Å²) in [5.74, 6) is 0.809. The molecular formula is C22H24N4O. The normalized spacial score (nSPS) is 17.3. The van der Waals surface area contributed by atoms with Crippen LogP contribution in [0.2, 0.25) is 0 Å². The van der Waals surface area contributed by atoms with Crippen LogP contribution in [0.3, 0.4) is 0 Å². The highest BCUT2D eigenvalue weighted by molar-refractivity contribution is 6.07. The Labute approximate surface area is 159 Å². The van der Waals surface area contributed by atoms with Gasteiger partial charge in [-0.25, -0.2) is 15.0 Å². The molecule has 3 heterocycles. The summed E-state index contributed by atoms with van der Waals surface area (Å²) in [4.78, 5) is 28.9. The van der Waals surface area contributed by atoms with Crippen LogP contribution in [-0.2, 0) is 0 Å². The molecule has 3 aromatic rings. The molecule has 0 spiro atoms. The number of aryl methyl sites for hydroxylation is 2. The quantitative estimate of drug-likeness (QED) is 0.683. The summed E-state index contributed by atoms with van der Waals surface area (Å²) in [6, 6.07) is 8.18. The van der Waals surface area contributed by atoms with E-state index in [1.54, 1.807) is 12.4 Å². The van der Waals surface area contributed by atoms with Crippen LogP contribution in [0.25, 0.3) is 22.2 Å². The van der Waals surface area contributed by atoms with Crippen molar-refractivity contribution >= 4 is 16.8 Å².